The molecule has 0 aromatic heterocycles. The molecule has 0 bridgehead atoms. The first kappa shape index (κ1) is 13.1. The molecule has 0 aromatic carbocycles. The van der Waals surface area contributed by atoms with Crippen LogP contribution in [-0.2, 0) is 0 Å². The molecule has 90 valence electrons. The van der Waals surface area contributed by atoms with E-state index in [1.807, 2.05) is 0 Å². The molecule has 2 unspecified atom stereocenters. The molecule has 1 rings (SSSR count). The van der Waals surface area contributed by atoms with Crippen LogP contribution in [0.5, 0.6) is 0 Å². The highest BCUT2D eigenvalue weighted by Crippen LogP contribution is 2.34. The largest absolute Gasteiger partial charge is 0.0654 e. The SMILES string of the molecule is CCCC(CC1CCCCC1)C(C)CC. The minimum absolute atomic E-state index is 0.951. The third-order valence-electron chi connectivity index (χ3n) is 4.47. The monoisotopic (exact) mass is 210 g/mol. The summed E-state index contributed by atoms with van der Waals surface area (Å²) in [5.41, 5.74) is 0. The molecule has 0 saturated heterocycles. The van der Waals surface area contributed by atoms with Gasteiger partial charge in [0.1, 0.15) is 0 Å². The van der Waals surface area contributed by atoms with Crippen LogP contribution < -0.4 is 0 Å². The fourth-order valence-corrected chi connectivity index (χ4v) is 3.19. The van der Waals surface area contributed by atoms with Crippen LogP contribution in [0, 0.1) is 17.8 Å². The van der Waals surface area contributed by atoms with Crippen molar-refractivity contribution < 1.29 is 0 Å². The molecule has 0 aromatic rings. The normalized spacial score (nSPS) is 22.6. The Bertz CT molecular complexity index is 144. The predicted molar refractivity (Wildman–Crippen MR) is 69.0 cm³/mol. The summed E-state index contributed by atoms with van der Waals surface area (Å²) in [5, 5.41) is 0. The lowest BCUT2D eigenvalue weighted by Gasteiger charge is -2.29. The first-order valence-corrected chi connectivity index (χ1v) is 7.27. The summed E-state index contributed by atoms with van der Waals surface area (Å²) in [7, 11) is 0. The maximum Gasteiger partial charge on any atom is -0.0386 e. The van der Waals surface area contributed by atoms with Gasteiger partial charge in [0.05, 0.1) is 0 Å². The van der Waals surface area contributed by atoms with Crippen molar-refractivity contribution in [2.75, 3.05) is 0 Å². The van der Waals surface area contributed by atoms with Crippen LogP contribution in [-0.4, -0.2) is 0 Å². The number of rotatable bonds is 6. The van der Waals surface area contributed by atoms with Gasteiger partial charge < -0.3 is 0 Å². The molecule has 1 saturated carbocycles. The zero-order chi connectivity index (χ0) is 11.1. The quantitative estimate of drug-likeness (QED) is 0.549. The van der Waals surface area contributed by atoms with Crippen LogP contribution >= 0.6 is 0 Å². The topological polar surface area (TPSA) is 0 Å². The zero-order valence-electron chi connectivity index (χ0n) is 11.1. The summed E-state index contributed by atoms with van der Waals surface area (Å²) >= 11 is 0. The second-order valence-electron chi connectivity index (χ2n) is 5.67. The van der Waals surface area contributed by atoms with Gasteiger partial charge in [0.2, 0.25) is 0 Å². The molecule has 0 aliphatic heterocycles. The Kier molecular flexibility index (Phi) is 6.36. The predicted octanol–water partition coefficient (Wildman–Crippen LogP) is 5.42. The molecule has 0 radical (unpaired) electrons. The van der Waals surface area contributed by atoms with Crippen molar-refractivity contribution in [1.29, 1.82) is 0 Å². The van der Waals surface area contributed by atoms with Gasteiger partial charge >= 0.3 is 0 Å². The van der Waals surface area contributed by atoms with E-state index < -0.39 is 0 Å². The zero-order valence-corrected chi connectivity index (χ0v) is 11.1. The second kappa shape index (κ2) is 7.30. The lowest BCUT2D eigenvalue weighted by Crippen LogP contribution is -2.17. The first-order chi connectivity index (χ1) is 7.27. The molecule has 1 aliphatic carbocycles. The molecule has 2 atom stereocenters. The standard InChI is InChI=1S/C15H30/c1-4-9-15(13(3)5-2)12-14-10-7-6-8-11-14/h13-15H,4-12H2,1-3H3. The van der Waals surface area contributed by atoms with Crippen molar-refractivity contribution in [3.8, 4) is 0 Å². The van der Waals surface area contributed by atoms with E-state index in [0.29, 0.717) is 0 Å². The molecule has 0 heterocycles. The highest BCUT2D eigenvalue weighted by atomic mass is 14.3. The third kappa shape index (κ3) is 4.57. The number of hydrogen-bond donors (Lipinski definition) is 0. The highest BCUT2D eigenvalue weighted by molar-refractivity contribution is 4.73. The van der Waals surface area contributed by atoms with Gasteiger partial charge in [-0.25, -0.2) is 0 Å². The molecular weight excluding hydrogens is 180 g/mol. The summed E-state index contributed by atoms with van der Waals surface area (Å²) < 4.78 is 0. The van der Waals surface area contributed by atoms with E-state index in [2.05, 4.69) is 20.8 Å². The van der Waals surface area contributed by atoms with E-state index in [1.165, 1.54) is 57.8 Å². The Balaban J connectivity index is 2.34. The molecule has 0 amide bonds. The summed E-state index contributed by atoms with van der Waals surface area (Å²) in [5.74, 6) is 3.04. The van der Waals surface area contributed by atoms with Crippen molar-refractivity contribution in [3.63, 3.8) is 0 Å². The maximum absolute atomic E-state index is 2.46. The molecule has 0 spiro atoms. The van der Waals surface area contributed by atoms with Gasteiger partial charge in [0.15, 0.2) is 0 Å². The first-order valence-electron chi connectivity index (χ1n) is 7.27. The van der Waals surface area contributed by atoms with Crippen LogP contribution in [0.3, 0.4) is 0 Å². The summed E-state index contributed by atoms with van der Waals surface area (Å²) in [6, 6.07) is 0. The van der Waals surface area contributed by atoms with Gasteiger partial charge in [-0.2, -0.15) is 0 Å². The average Bonchev–Trinajstić information content (AvgIpc) is 2.29. The minimum atomic E-state index is 0.951. The third-order valence-corrected chi connectivity index (χ3v) is 4.47. The fraction of sp³-hybridized carbons (Fsp3) is 1.00. The van der Waals surface area contributed by atoms with Crippen molar-refractivity contribution >= 4 is 0 Å². The van der Waals surface area contributed by atoms with Gasteiger partial charge in [-0.15, -0.1) is 0 Å². The molecule has 1 aliphatic rings. The van der Waals surface area contributed by atoms with Crippen LogP contribution in [0.25, 0.3) is 0 Å². The Labute approximate surface area is 96.8 Å². The molecule has 0 nitrogen and oxygen atoms in total. The maximum atomic E-state index is 2.46. The van der Waals surface area contributed by atoms with E-state index in [4.69, 9.17) is 0 Å². The lowest BCUT2D eigenvalue weighted by atomic mass is 9.76. The van der Waals surface area contributed by atoms with Crippen LogP contribution in [0.2, 0.25) is 0 Å². The fourth-order valence-electron chi connectivity index (χ4n) is 3.19. The van der Waals surface area contributed by atoms with Crippen molar-refractivity contribution in [2.24, 2.45) is 17.8 Å². The van der Waals surface area contributed by atoms with Gasteiger partial charge in [-0.1, -0.05) is 72.1 Å². The summed E-state index contributed by atoms with van der Waals surface area (Å²) in [6.07, 6.45) is 13.3. The van der Waals surface area contributed by atoms with Crippen LogP contribution in [0.4, 0.5) is 0 Å². The molecule has 15 heavy (non-hydrogen) atoms. The van der Waals surface area contributed by atoms with Crippen molar-refractivity contribution in [2.45, 2.75) is 78.6 Å². The highest BCUT2D eigenvalue weighted by Gasteiger charge is 2.21. The molecule has 0 N–H and O–H groups in total. The van der Waals surface area contributed by atoms with Gasteiger partial charge in [0.25, 0.3) is 0 Å². The van der Waals surface area contributed by atoms with Crippen molar-refractivity contribution in [1.82, 2.24) is 0 Å². The lowest BCUT2D eigenvalue weighted by molar-refractivity contribution is 0.223. The average molecular weight is 210 g/mol. The van der Waals surface area contributed by atoms with E-state index in [0.717, 1.165) is 17.8 Å². The summed E-state index contributed by atoms with van der Waals surface area (Å²) in [6.45, 7) is 7.16. The Morgan fingerprint density at radius 1 is 1.07 bits per heavy atom. The van der Waals surface area contributed by atoms with Gasteiger partial charge in [-0.05, 0) is 24.2 Å². The number of hydrogen-bond acceptors (Lipinski definition) is 0. The van der Waals surface area contributed by atoms with E-state index in [1.54, 1.807) is 0 Å². The second-order valence-corrected chi connectivity index (χ2v) is 5.67. The smallest absolute Gasteiger partial charge is 0.0386 e. The molecule has 1 fully saturated rings. The van der Waals surface area contributed by atoms with Crippen LogP contribution in [0.1, 0.15) is 78.6 Å². The van der Waals surface area contributed by atoms with Gasteiger partial charge in [-0.3, -0.25) is 0 Å². The molecule has 0 heteroatoms. The molecular formula is C15H30. The summed E-state index contributed by atoms with van der Waals surface area (Å²) in [4.78, 5) is 0. The Morgan fingerprint density at radius 2 is 1.73 bits per heavy atom. The van der Waals surface area contributed by atoms with Gasteiger partial charge in [0, 0.05) is 0 Å². The van der Waals surface area contributed by atoms with Crippen molar-refractivity contribution in [3.05, 3.63) is 0 Å². The minimum Gasteiger partial charge on any atom is -0.0654 e. The van der Waals surface area contributed by atoms with E-state index in [-0.39, 0.29) is 0 Å². The van der Waals surface area contributed by atoms with Crippen LogP contribution in [0.15, 0.2) is 0 Å². The van der Waals surface area contributed by atoms with E-state index >= 15 is 0 Å². The Hall–Kier alpha value is 0. The Morgan fingerprint density at radius 3 is 2.27 bits per heavy atom. The van der Waals surface area contributed by atoms with E-state index in [9.17, 15) is 0 Å².